The number of hydrogen-bond donors (Lipinski definition) is 1. The zero-order chi connectivity index (χ0) is 18.4. The first-order valence-electron chi connectivity index (χ1n) is 11.3. The summed E-state index contributed by atoms with van der Waals surface area (Å²) in [4.78, 5) is 4.40. The Balaban J connectivity index is 1.35. The van der Waals surface area contributed by atoms with Crippen LogP contribution in [-0.4, -0.2) is 16.2 Å². The highest BCUT2D eigenvalue weighted by molar-refractivity contribution is 5.72. The minimum absolute atomic E-state index is 0.0289. The molecule has 1 spiro atoms. The molecule has 5 aliphatic carbocycles. The lowest BCUT2D eigenvalue weighted by Crippen LogP contribution is -2.54. The fourth-order valence-corrected chi connectivity index (χ4v) is 8.94. The lowest BCUT2D eigenvalue weighted by Gasteiger charge is -2.61. The summed E-state index contributed by atoms with van der Waals surface area (Å²) in [5, 5.41) is 10.4. The van der Waals surface area contributed by atoms with E-state index in [-0.39, 0.29) is 6.10 Å². The van der Waals surface area contributed by atoms with Gasteiger partial charge >= 0.3 is 0 Å². The molecule has 0 unspecified atom stereocenters. The second-order valence-corrected chi connectivity index (χ2v) is 11.0. The standard InChI is InChI=1S/C25H33NO/c1-23-9-8-22-19(21(23)6-5-20(23)16-4-3-11-26-15-16)12-17-13-25(17)14-18(27)7-10-24(22,25)2/h3-5,11,15,17-19,21-22,27H,6-10,12-14H2,1-2H3/t17-,18+,19+,21+,22+,23-,24-,25-/m1/s1. The topological polar surface area (TPSA) is 33.1 Å². The molecule has 1 aromatic rings. The monoisotopic (exact) mass is 363 g/mol. The number of hydrogen-bond acceptors (Lipinski definition) is 2. The molecule has 5 aliphatic rings. The van der Waals surface area contributed by atoms with E-state index in [2.05, 4.69) is 43.2 Å². The van der Waals surface area contributed by atoms with Crippen LogP contribution in [0.3, 0.4) is 0 Å². The number of fused-ring (bicyclic) bond motifs is 4. The van der Waals surface area contributed by atoms with Crippen LogP contribution < -0.4 is 0 Å². The van der Waals surface area contributed by atoms with Crippen molar-refractivity contribution in [3.8, 4) is 0 Å². The molecule has 2 nitrogen and oxygen atoms in total. The minimum Gasteiger partial charge on any atom is -0.393 e. The third-order valence-corrected chi connectivity index (χ3v) is 10.3. The number of pyridine rings is 1. The van der Waals surface area contributed by atoms with Crippen molar-refractivity contribution in [3.63, 3.8) is 0 Å². The molecule has 8 atom stereocenters. The molecule has 0 amide bonds. The smallest absolute Gasteiger partial charge is 0.0546 e. The van der Waals surface area contributed by atoms with Crippen LogP contribution in [0.15, 0.2) is 30.6 Å². The molecule has 0 bridgehead atoms. The largest absolute Gasteiger partial charge is 0.393 e. The SMILES string of the molecule is C[C@]12CC[C@H]3[C@@H](C[C@@H]4C[C@@]45C[C@@H](O)CC[C@]35C)[C@@H]1CC=C2c1cccnc1. The Bertz CT molecular complexity index is 802. The zero-order valence-corrected chi connectivity index (χ0v) is 16.8. The maximum absolute atomic E-state index is 10.4. The van der Waals surface area contributed by atoms with E-state index in [1.54, 1.807) is 5.57 Å². The highest BCUT2D eigenvalue weighted by Crippen LogP contribution is 2.80. The molecule has 6 rings (SSSR count). The zero-order valence-electron chi connectivity index (χ0n) is 16.8. The lowest BCUT2D eigenvalue weighted by atomic mass is 9.44. The third kappa shape index (κ3) is 1.98. The Morgan fingerprint density at radius 1 is 1.11 bits per heavy atom. The first kappa shape index (κ1) is 16.8. The van der Waals surface area contributed by atoms with Crippen LogP contribution in [-0.2, 0) is 0 Å². The summed E-state index contributed by atoms with van der Waals surface area (Å²) in [6.07, 6.45) is 16.7. The van der Waals surface area contributed by atoms with Gasteiger partial charge in [-0.1, -0.05) is 26.0 Å². The van der Waals surface area contributed by atoms with Crippen LogP contribution >= 0.6 is 0 Å². The van der Waals surface area contributed by atoms with Crippen molar-refractivity contribution in [2.75, 3.05) is 0 Å². The Labute approximate surface area is 163 Å². The van der Waals surface area contributed by atoms with E-state index in [0.29, 0.717) is 16.2 Å². The molecule has 1 aromatic heterocycles. The molecular formula is C25H33NO. The van der Waals surface area contributed by atoms with E-state index in [1.807, 2.05) is 6.20 Å². The summed E-state index contributed by atoms with van der Waals surface area (Å²) in [7, 11) is 0. The Hall–Kier alpha value is -1.15. The van der Waals surface area contributed by atoms with E-state index < -0.39 is 0 Å². The molecule has 0 aromatic carbocycles. The Morgan fingerprint density at radius 3 is 2.81 bits per heavy atom. The number of aliphatic hydroxyl groups is 1. The van der Waals surface area contributed by atoms with Gasteiger partial charge in [0, 0.05) is 12.4 Å². The van der Waals surface area contributed by atoms with Gasteiger partial charge in [-0.3, -0.25) is 4.98 Å². The summed E-state index contributed by atoms with van der Waals surface area (Å²) in [6, 6.07) is 4.35. The van der Waals surface area contributed by atoms with Gasteiger partial charge in [0.25, 0.3) is 0 Å². The van der Waals surface area contributed by atoms with Crippen molar-refractivity contribution < 1.29 is 5.11 Å². The molecule has 27 heavy (non-hydrogen) atoms. The van der Waals surface area contributed by atoms with E-state index >= 15 is 0 Å². The van der Waals surface area contributed by atoms with E-state index in [1.165, 1.54) is 44.1 Å². The molecule has 4 saturated carbocycles. The summed E-state index contributed by atoms with van der Waals surface area (Å²) in [5.41, 5.74) is 4.25. The van der Waals surface area contributed by atoms with Crippen molar-refractivity contribution in [2.45, 2.75) is 71.3 Å². The fourth-order valence-electron chi connectivity index (χ4n) is 8.94. The number of allylic oxidation sites excluding steroid dienone is 2. The van der Waals surface area contributed by atoms with Crippen LogP contribution in [0, 0.1) is 39.9 Å². The van der Waals surface area contributed by atoms with Crippen LogP contribution in [0.2, 0.25) is 0 Å². The summed E-state index contributed by atoms with van der Waals surface area (Å²) < 4.78 is 0. The third-order valence-electron chi connectivity index (χ3n) is 10.3. The van der Waals surface area contributed by atoms with Gasteiger partial charge in [-0.25, -0.2) is 0 Å². The average Bonchev–Trinajstić information content (AvgIpc) is 3.24. The Morgan fingerprint density at radius 2 is 2.00 bits per heavy atom. The number of aromatic nitrogens is 1. The molecule has 2 heteroatoms. The highest BCUT2D eigenvalue weighted by Gasteiger charge is 2.73. The molecule has 144 valence electrons. The van der Waals surface area contributed by atoms with Crippen molar-refractivity contribution in [1.82, 2.24) is 4.98 Å². The van der Waals surface area contributed by atoms with Gasteiger partial charge in [0.2, 0.25) is 0 Å². The predicted octanol–water partition coefficient (Wildman–Crippen LogP) is 5.48. The van der Waals surface area contributed by atoms with Gasteiger partial charge in [-0.05, 0) is 108 Å². The Kier molecular flexibility index (Phi) is 3.27. The molecule has 4 fully saturated rings. The van der Waals surface area contributed by atoms with E-state index in [4.69, 9.17) is 0 Å². The average molecular weight is 364 g/mol. The first-order valence-corrected chi connectivity index (χ1v) is 11.3. The molecule has 1 heterocycles. The normalized spacial score (nSPS) is 52.9. The summed E-state index contributed by atoms with van der Waals surface area (Å²) >= 11 is 0. The van der Waals surface area contributed by atoms with Crippen LogP contribution in [0.25, 0.3) is 5.57 Å². The van der Waals surface area contributed by atoms with Crippen LogP contribution in [0.4, 0.5) is 0 Å². The highest BCUT2D eigenvalue weighted by atomic mass is 16.3. The second kappa shape index (κ2) is 5.26. The van der Waals surface area contributed by atoms with Gasteiger partial charge < -0.3 is 5.11 Å². The first-order chi connectivity index (χ1) is 13.0. The van der Waals surface area contributed by atoms with Crippen molar-refractivity contribution in [2.24, 2.45) is 39.9 Å². The maximum atomic E-state index is 10.4. The molecule has 0 aliphatic heterocycles. The number of nitrogens with zero attached hydrogens (tertiary/aromatic N) is 1. The van der Waals surface area contributed by atoms with Crippen molar-refractivity contribution in [3.05, 3.63) is 36.2 Å². The van der Waals surface area contributed by atoms with Gasteiger partial charge in [0.15, 0.2) is 0 Å². The molecular weight excluding hydrogens is 330 g/mol. The molecule has 0 saturated heterocycles. The molecule has 1 N–H and O–H groups in total. The predicted molar refractivity (Wildman–Crippen MR) is 108 cm³/mol. The van der Waals surface area contributed by atoms with Crippen molar-refractivity contribution in [1.29, 1.82) is 0 Å². The molecule has 0 radical (unpaired) electrons. The quantitative estimate of drug-likeness (QED) is 0.717. The lowest BCUT2D eigenvalue weighted by molar-refractivity contribution is -0.125. The minimum atomic E-state index is -0.0289. The fraction of sp³-hybridized carbons (Fsp3) is 0.720. The van der Waals surface area contributed by atoms with Gasteiger partial charge in [0.1, 0.15) is 0 Å². The number of rotatable bonds is 1. The summed E-state index contributed by atoms with van der Waals surface area (Å²) in [6.45, 7) is 5.18. The summed E-state index contributed by atoms with van der Waals surface area (Å²) in [5.74, 6) is 3.47. The van der Waals surface area contributed by atoms with Gasteiger partial charge in [-0.2, -0.15) is 0 Å². The maximum Gasteiger partial charge on any atom is 0.0546 e. The van der Waals surface area contributed by atoms with Crippen LogP contribution in [0.1, 0.15) is 70.8 Å². The van der Waals surface area contributed by atoms with Gasteiger partial charge in [0.05, 0.1) is 6.10 Å². The van der Waals surface area contributed by atoms with E-state index in [9.17, 15) is 5.11 Å². The van der Waals surface area contributed by atoms with Crippen molar-refractivity contribution >= 4 is 5.57 Å². The van der Waals surface area contributed by atoms with Gasteiger partial charge in [-0.15, -0.1) is 0 Å². The number of aliphatic hydroxyl groups excluding tert-OH is 1. The second-order valence-electron chi connectivity index (χ2n) is 11.0. The van der Waals surface area contributed by atoms with E-state index in [0.717, 1.165) is 36.5 Å². The van der Waals surface area contributed by atoms with Crippen LogP contribution in [0.5, 0.6) is 0 Å².